The first-order chi connectivity index (χ1) is 9.69. The molecule has 2 N–H and O–H groups in total. The smallest absolute Gasteiger partial charge is 0.308 e. The van der Waals surface area contributed by atoms with E-state index in [1.807, 2.05) is 0 Å². The molecule has 0 fully saturated rings. The van der Waals surface area contributed by atoms with Crippen molar-refractivity contribution in [3.8, 4) is 0 Å². The summed E-state index contributed by atoms with van der Waals surface area (Å²) in [4.78, 5) is 24.2. The first-order valence-corrected chi connectivity index (χ1v) is 7.69. The predicted octanol–water partition coefficient (Wildman–Crippen LogP) is 0.387. The largest absolute Gasteiger partial charge is 0.481 e. The number of carbonyl (C=O) groups excluding carboxylic acids is 1. The molecule has 0 radical (unpaired) electrons. The summed E-state index contributed by atoms with van der Waals surface area (Å²) in [5, 5.41) is 8.82. The lowest BCUT2D eigenvalue weighted by Gasteiger charge is -2.19. The van der Waals surface area contributed by atoms with E-state index in [9.17, 15) is 18.0 Å². The van der Waals surface area contributed by atoms with Gasteiger partial charge in [-0.15, -0.1) is 0 Å². The van der Waals surface area contributed by atoms with Crippen molar-refractivity contribution in [3.05, 3.63) is 29.8 Å². The summed E-state index contributed by atoms with van der Waals surface area (Å²) in [5.41, 5.74) is 0.296. The van der Waals surface area contributed by atoms with E-state index in [2.05, 4.69) is 4.72 Å². The third-order valence-corrected chi connectivity index (χ3v) is 4.43. The highest BCUT2D eigenvalue weighted by atomic mass is 32.2. The lowest BCUT2D eigenvalue weighted by Crippen LogP contribution is -2.33. The summed E-state index contributed by atoms with van der Waals surface area (Å²) in [6, 6.07) is 5.45. The van der Waals surface area contributed by atoms with Crippen LogP contribution in [-0.2, 0) is 14.8 Å². The Balaban J connectivity index is 2.87. The molecule has 0 saturated carbocycles. The molecular formula is C13H18N2O5S. The summed E-state index contributed by atoms with van der Waals surface area (Å²) < 4.78 is 25.3. The second-order valence-electron chi connectivity index (χ2n) is 4.66. The molecular weight excluding hydrogens is 296 g/mol. The molecule has 1 rings (SSSR count). The molecule has 0 saturated heterocycles. The lowest BCUT2D eigenvalue weighted by molar-refractivity contribution is -0.141. The summed E-state index contributed by atoms with van der Waals surface area (Å²) in [7, 11) is -0.743. The highest BCUT2D eigenvalue weighted by Gasteiger charge is 2.19. The fraction of sp³-hybridized carbons (Fsp3) is 0.385. The number of carboxylic acids is 1. The molecule has 1 amide bonds. The summed E-state index contributed by atoms with van der Waals surface area (Å²) in [6.07, 6.45) is 0. The van der Waals surface area contributed by atoms with Gasteiger partial charge in [-0.3, -0.25) is 9.59 Å². The van der Waals surface area contributed by atoms with Crippen LogP contribution in [0.2, 0.25) is 0 Å². The summed E-state index contributed by atoms with van der Waals surface area (Å²) in [5.74, 6) is -2.02. The first-order valence-electron chi connectivity index (χ1n) is 6.21. The Labute approximate surface area is 123 Å². The Morgan fingerprint density at radius 3 is 2.24 bits per heavy atom. The number of rotatable bonds is 6. The Bertz CT molecular complexity index is 624. The molecule has 116 valence electrons. The lowest BCUT2D eigenvalue weighted by atomic mass is 10.1. The number of amides is 1. The second-order valence-corrected chi connectivity index (χ2v) is 6.54. The van der Waals surface area contributed by atoms with E-state index in [-0.39, 0.29) is 17.3 Å². The third-order valence-electron chi connectivity index (χ3n) is 3.00. The zero-order valence-corrected chi connectivity index (χ0v) is 12.8. The maximum absolute atomic E-state index is 12.1. The highest BCUT2D eigenvalue weighted by molar-refractivity contribution is 7.89. The van der Waals surface area contributed by atoms with Crippen LogP contribution in [0.15, 0.2) is 29.2 Å². The average molecular weight is 314 g/mol. The van der Waals surface area contributed by atoms with Crippen LogP contribution in [0.3, 0.4) is 0 Å². The fourth-order valence-corrected chi connectivity index (χ4v) is 2.42. The summed E-state index contributed by atoms with van der Waals surface area (Å²) in [6.45, 7) is 1.58. The maximum atomic E-state index is 12.1. The van der Waals surface area contributed by atoms with Gasteiger partial charge >= 0.3 is 5.97 Å². The van der Waals surface area contributed by atoms with Crippen molar-refractivity contribution in [3.63, 3.8) is 0 Å². The molecule has 1 aromatic rings. The van der Waals surface area contributed by atoms with Crippen LogP contribution < -0.4 is 4.72 Å². The van der Waals surface area contributed by atoms with E-state index >= 15 is 0 Å². The Kier molecular flexibility index (Phi) is 5.45. The fourth-order valence-electron chi connectivity index (χ4n) is 1.69. The van der Waals surface area contributed by atoms with Crippen LogP contribution in [0, 0.1) is 5.92 Å². The SMILES string of the molecule is CNS(=O)(=O)c1ccc(C(=O)N(C)CC(C)C(=O)O)cc1. The Hall–Kier alpha value is -1.93. The molecule has 7 nitrogen and oxygen atoms in total. The van der Waals surface area contributed by atoms with Crippen molar-refractivity contribution in [1.82, 2.24) is 9.62 Å². The molecule has 0 aliphatic carbocycles. The van der Waals surface area contributed by atoms with Crippen LogP contribution in [0.1, 0.15) is 17.3 Å². The van der Waals surface area contributed by atoms with E-state index in [4.69, 9.17) is 5.11 Å². The van der Waals surface area contributed by atoms with Crippen LogP contribution in [0.25, 0.3) is 0 Å². The Morgan fingerprint density at radius 1 is 1.29 bits per heavy atom. The number of nitrogens with zero attached hydrogens (tertiary/aromatic N) is 1. The molecule has 0 aliphatic heterocycles. The minimum absolute atomic E-state index is 0.0584. The number of benzene rings is 1. The van der Waals surface area contributed by atoms with E-state index in [0.29, 0.717) is 5.56 Å². The molecule has 1 aromatic carbocycles. The van der Waals surface area contributed by atoms with Gasteiger partial charge in [-0.05, 0) is 31.3 Å². The predicted molar refractivity (Wildman–Crippen MR) is 76.4 cm³/mol. The first kappa shape index (κ1) is 17.1. The van der Waals surface area contributed by atoms with Crippen LogP contribution in [-0.4, -0.2) is 50.9 Å². The van der Waals surface area contributed by atoms with Gasteiger partial charge in [0.1, 0.15) is 0 Å². The van der Waals surface area contributed by atoms with Crippen LogP contribution in [0.5, 0.6) is 0 Å². The van der Waals surface area contributed by atoms with Gasteiger partial charge in [0, 0.05) is 19.2 Å². The molecule has 21 heavy (non-hydrogen) atoms. The minimum atomic E-state index is -3.54. The van der Waals surface area contributed by atoms with E-state index < -0.39 is 21.9 Å². The topological polar surface area (TPSA) is 104 Å². The van der Waals surface area contributed by atoms with Crippen molar-refractivity contribution < 1.29 is 23.1 Å². The number of carbonyl (C=O) groups is 2. The Morgan fingerprint density at radius 2 is 1.81 bits per heavy atom. The maximum Gasteiger partial charge on any atom is 0.308 e. The number of carboxylic acid groups (broad SMARTS) is 1. The molecule has 0 aromatic heterocycles. The van der Waals surface area contributed by atoms with Crippen molar-refractivity contribution in [1.29, 1.82) is 0 Å². The van der Waals surface area contributed by atoms with Gasteiger partial charge < -0.3 is 10.0 Å². The van der Waals surface area contributed by atoms with Crippen molar-refractivity contribution in [2.75, 3.05) is 20.6 Å². The monoisotopic (exact) mass is 314 g/mol. The third kappa shape index (κ3) is 4.27. The normalized spacial score (nSPS) is 12.7. The van der Waals surface area contributed by atoms with E-state index in [1.54, 1.807) is 0 Å². The quantitative estimate of drug-likeness (QED) is 0.790. The molecule has 0 aliphatic rings. The molecule has 1 unspecified atom stereocenters. The van der Waals surface area contributed by atoms with Crippen molar-refractivity contribution in [2.24, 2.45) is 5.92 Å². The number of nitrogens with one attached hydrogen (secondary N) is 1. The average Bonchev–Trinajstić information content (AvgIpc) is 2.46. The molecule has 8 heteroatoms. The number of hydrogen-bond donors (Lipinski definition) is 2. The van der Waals surface area contributed by atoms with Crippen molar-refractivity contribution in [2.45, 2.75) is 11.8 Å². The number of sulfonamides is 1. The molecule has 0 bridgehead atoms. The standard InChI is InChI=1S/C13H18N2O5S/c1-9(13(17)18)8-15(3)12(16)10-4-6-11(7-5-10)21(19,20)14-2/h4-7,9,14H,8H2,1-3H3,(H,17,18). The zero-order valence-electron chi connectivity index (χ0n) is 12.0. The minimum Gasteiger partial charge on any atom is -0.481 e. The van der Waals surface area contributed by atoms with Gasteiger partial charge in [0.2, 0.25) is 10.0 Å². The zero-order chi connectivity index (χ0) is 16.2. The summed E-state index contributed by atoms with van der Waals surface area (Å²) >= 11 is 0. The van der Waals surface area contributed by atoms with Gasteiger partial charge in [0.25, 0.3) is 5.91 Å². The highest BCUT2D eigenvalue weighted by Crippen LogP contribution is 2.12. The van der Waals surface area contributed by atoms with Gasteiger partial charge in [0.05, 0.1) is 10.8 Å². The van der Waals surface area contributed by atoms with Crippen molar-refractivity contribution >= 4 is 21.9 Å². The molecule has 1 atom stereocenters. The van der Waals surface area contributed by atoms with E-state index in [1.165, 1.54) is 50.2 Å². The van der Waals surface area contributed by atoms with E-state index in [0.717, 1.165) is 0 Å². The van der Waals surface area contributed by atoms with Gasteiger partial charge in [-0.25, -0.2) is 13.1 Å². The van der Waals surface area contributed by atoms with Gasteiger partial charge in [-0.2, -0.15) is 0 Å². The number of hydrogen-bond acceptors (Lipinski definition) is 4. The van der Waals surface area contributed by atoms with Crippen LogP contribution in [0.4, 0.5) is 0 Å². The van der Waals surface area contributed by atoms with Gasteiger partial charge in [0.15, 0.2) is 0 Å². The van der Waals surface area contributed by atoms with Gasteiger partial charge in [-0.1, -0.05) is 6.92 Å². The molecule has 0 heterocycles. The number of aliphatic carboxylic acids is 1. The molecule has 0 spiro atoms. The van der Waals surface area contributed by atoms with Crippen LogP contribution >= 0.6 is 0 Å². The second kappa shape index (κ2) is 6.68.